The highest BCUT2D eigenvalue weighted by Gasteiger charge is 2.29. The van der Waals surface area contributed by atoms with Crippen molar-refractivity contribution in [2.24, 2.45) is 5.92 Å². The average molecular weight is 431 g/mol. The van der Waals surface area contributed by atoms with Gasteiger partial charge in [0.05, 0.1) is 22.3 Å². The molecule has 4 rings (SSSR count). The Morgan fingerprint density at radius 1 is 1.00 bits per heavy atom. The van der Waals surface area contributed by atoms with E-state index in [1.54, 1.807) is 19.1 Å². The van der Waals surface area contributed by atoms with E-state index in [4.69, 9.17) is 5.26 Å². The van der Waals surface area contributed by atoms with Gasteiger partial charge in [-0.3, -0.25) is 4.90 Å². The van der Waals surface area contributed by atoms with Gasteiger partial charge in [-0.15, -0.1) is 0 Å². The fourth-order valence-electron chi connectivity index (χ4n) is 4.29. The summed E-state index contributed by atoms with van der Waals surface area (Å²) in [5.41, 5.74) is 4.73. The smallest absolute Gasteiger partial charge is 0.179 e. The van der Waals surface area contributed by atoms with Crippen LogP contribution in [0.15, 0.2) is 77.7 Å². The van der Waals surface area contributed by atoms with E-state index >= 15 is 0 Å². The van der Waals surface area contributed by atoms with Crippen LogP contribution < -0.4 is 0 Å². The van der Waals surface area contributed by atoms with Crippen LogP contribution in [0.2, 0.25) is 0 Å². The van der Waals surface area contributed by atoms with Gasteiger partial charge in [0.1, 0.15) is 0 Å². The highest BCUT2D eigenvalue weighted by Crippen LogP contribution is 2.26. The minimum absolute atomic E-state index is 0.110. The summed E-state index contributed by atoms with van der Waals surface area (Å²) in [5, 5.41) is 9.11. The second-order valence-corrected chi connectivity index (χ2v) is 10.3. The van der Waals surface area contributed by atoms with Crippen LogP contribution in [0.1, 0.15) is 23.1 Å². The lowest BCUT2D eigenvalue weighted by Gasteiger charge is -2.17. The van der Waals surface area contributed by atoms with Crippen molar-refractivity contribution in [3.63, 3.8) is 0 Å². The fourth-order valence-corrected chi connectivity index (χ4v) is 6.23. The Balaban J connectivity index is 1.38. The van der Waals surface area contributed by atoms with Crippen LogP contribution >= 0.6 is 0 Å². The molecule has 0 unspecified atom stereocenters. The molecular formula is C26H26N2O2S. The van der Waals surface area contributed by atoms with Gasteiger partial charge in [-0.05, 0) is 60.2 Å². The molecule has 158 valence electrons. The third-order valence-electron chi connectivity index (χ3n) is 5.94. The van der Waals surface area contributed by atoms with Gasteiger partial charge in [-0.25, -0.2) is 8.42 Å². The van der Waals surface area contributed by atoms with Crippen LogP contribution in [0, 0.1) is 24.2 Å². The molecule has 0 bridgehead atoms. The van der Waals surface area contributed by atoms with E-state index in [2.05, 4.69) is 41.3 Å². The van der Waals surface area contributed by atoms with Gasteiger partial charge in [-0.1, -0.05) is 60.7 Å². The Bertz CT molecular complexity index is 1200. The number of aryl methyl sites for hydroxylation is 1. The molecule has 0 N–H and O–H groups in total. The van der Waals surface area contributed by atoms with Gasteiger partial charge >= 0.3 is 0 Å². The van der Waals surface area contributed by atoms with Crippen LogP contribution in [0.5, 0.6) is 0 Å². The molecular weight excluding hydrogens is 404 g/mol. The van der Waals surface area contributed by atoms with Gasteiger partial charge in [0.25, 0.3) is 0 Å². The van der Waals surface area contributed by atoms with E-state index in [0.717, 1.165) is 26.1 Å². The third kappa shape index (κ3) is 5.04. The lowest BCUT2D eigenvalue weighted by atomic mass is 10.0. The van der Waals surface area contributed by atoms with E-state index < -0.39 is 9.84 Å². The summed E-state index contributed by atoms with van der Waals surface area (Å²) in [5.74, 6) is 0.241. The summed E-state index contributed by atoms with van der Waals surface area (Å²) >= 11 is 0. The van der Waals surface area contributed by atoms with E-state index in [1.165, 1.54) is 22.8 Å². The Kier molecular flexibility index (Phi) is 6.22. The first-order chi connectivity index (χ1) is 14.9. The van der Waals surface area contributed by atoms with Crippen molar-refractivity contribution in [1.29, 1.82) is 5.26 Å². The van der Waals surface area contributed by atoms with Gasteiger partial charge in [0.2, 0.25) is 0 Å². The summed E-state index contributed by atoms with van der Waals surface area (Å²) in [6, 6.07) is 25.8. The second kappa shape index (κ2) is 9.05. The molecule has 1 saturated heterocycles. The number of sulfone groups is 1. The maximum Gasteiger partial charge on any atom is 0.179 e. The molecule has 0 aromatic heterocycles. The zero-order valence-corrected chi connectivity index (χ0v) is 18.5. The number of rotatable bonds is 6. The van der Waals surface area contributed by atoms with E-state index in [1.807, 2.05) is 24.3 Å². The molecule has 0 amide bonds. The maximum atomic E-state index is 13.0. The maximum absolute atomic E-state index is 13.0. The SMILES string of the molecule is Cc1ccc(C#N)cc1S(=O)(=O)C[C@@H]1CCN(Cc2ccc(-c3ccccc3)cc2)C1. The molecule has 5 heteroatoms. The van der Waals surface area contributed by atoms with Crippen molar-refractivity contribution in [3.05, 3.63) is 89.5 Å². The minimum Gasteiger partial charge on any atom is -0.299 e. The quantitative estimate of drug-likeness (QED) is 0.562. The predicted molar refractivity (Wildman–Crippen MR) is 123 cm³/mol. The Morgan fingerprint density at radius 3 is 2.42 bits per heavy atom. The molecule has 1 fully saturated rings. The number of hydrogen-bond acceptors (Lipinski definition) is 4. The summed E-state index contributed by atoms with van der Waals surface area (Å²) in [7, 11) is -3.42. The number of nitriles is 1. The van der Waals surface area contributed by atoms with E-state index in [-0.39, 0.29) is 11.7 Å². The summed E-state index contributed by atoms with van der Waals surface area (Å²) in [4.78, 5) is 2.62. The Labute approximate surface area is 184 Å². The zero-order chi connectivity index (χ0) is 21.8. The van der Waals surface area contributed by atoms with Crippen molar-refractivity contribution in [1.82, 2.24) is 4.90 Å². The third-order valence-corrected chi connectivity index (χ3v) is 7.96. The molecule has 1 heterocycles. The Morgan fingerprint density at radius 2 is 1.71 bits per heavy atom. The van der Waals surface area contributed by atoms with Crippen molar-refractivity contribution in [2.75, 3.05) is 18.8 Å². The van der Waals surface area contributed by atoms with E-state index in [0.29, 0.717) is 16.0 Å². The van der Waals surface area contributed by atoms with Crippen molar-refractivity contribution >= 4 is 9.84 Å². The second-order valence-electron chi connectivity index (χ2n) is 8.33. The van der Waals surface area contributed by atoms with Gasteiger partial charge in [0, 0.05) is 13.1 Å². The molecule has 4 nitrogen and oxygen atoms in total. The van der Waals surface area contributed by atoms with Gasteiger partial charge < -0.3 is 0 Å². The molecule has 0 saturated carbocycles. The fraction of sp³-hybridized carbons (Fsp3) is 0.269. The standard InChI is InChI=1S/C26H26N2O2S/c1-20-7-8-22(16-27)15-26(20)31(29,30)19-23-13-14-28(18-23)17-21-9-11-25(12-10-21)24-5-3-2-4-6-24/h2-12,15,23H,13-14,17-19H2,1H3/t23-/m1/s1. The van der Waals surface area contributed by atoms with Crippen LogP contribution in [-0.4, -0.2) is 32.2 Å². The predicted octanol–water partition coefficient (Wildman–Crippen LogP) is 4.83. The molecule has 0 spiro atoms. The van der Waals surface area contributed by atoms with Gasteiger partial charge in [-0.2, -0.15) is 5.26 Å². The summed E-state index contributed by atoms with van der Waals surface area (Å²) in [6.45, 7) is 4.29. The van der Waals surface area contributed by atoms with Crippen molar-refractivity contribution < 1.29 is 8.42 Å². The molecule has 31 heavy (non-hydrogen) atoms. The topological polar surface area (TPSA) is 61.2 Å². The average Bonchev–Trinajstić information content (AvgIpc) is 3.21. The summed E-state index contributed by atoms with van der Waals surface area (Å²) in [6.07, 6.45) is 0.873. The first-order valence-electron chi connectivity index (χ1n) is 10.5. The monoisotopic (exact) mass is 430 g/mol. The summed E-state index contributed by atoms with van der Waals surface area (Å²) < 4.78 is 26.0. The van der Waals surface area contributed by atoms with Crippen LogP contribution in [0.25, 0.3) is 11.1 Å². The molecule has 3 aromatic carbocycles. The van der Waals surface area contributed by atoms with Crippen LogP contribution in [-0.2, 0) is 16.4 Å². The lowest BCUT2D eigenvalue weighted by Crippen LogP contribution is -2.23. The highest BCUT2D eigenvalue weighted by molar-refractivity contribution is 7.91. The molecule has 0 radical (unpaired) electrons. The van der Waals surface area contributed by atoms with E-state index in [9.17, 15) is 8.42 Å². The largest absolute Gasteiger partial charge is 0.299 e. The van der Waals surface area contributed by atoms with Crippen LogP contribution in [0.4, 0.5) is 0 Å². The zero-order valence-electron chi connectivity index (χ0n) is 17.7. The van der Waals surface area contributed by atoms with Crippen LogP contribution in [0.3, 0.4) is 0 Å². The molecule has 0 aliphatic carbocycles. The minimum atomic E-state index is -3.42. The number of nitrogens with zero attached hydrogens (tertiary/aromatic N) is 2. The number of benzene rings is 3. The number of hydrogen-bond donors (Lipinski definition) is 0. The molecule has 1 aliphatic rings. The van der Waals surface area contributed by atoms with Crippen molar-refractivity contribution in [2.45, 2.75) is 24.8 Å². The first-order valence-corrected chi connectivity index (χ1v) is 12.2. The normalized spacial score (nSPS) is 16.8. The molecule has 1 aliphatic heterocycles. The molecule has 1 atom stereocenters. The first kappa shape index (κ1) is 21.3. The Hall–Kier alpha value is -2.94. The lowest BCUT2D eigenvalue weighted by molar-refractivity contribution is 0.320. The molecule has 3 aromatic rings. The highest BCUT2D eigenvalue weighted by atomic mass is 32.2. The van der Waals surface area contributed by atoms with Crippen molar-refractivity contribution in [3.8, 4) is 17.2 Å². The number of likely N-dealkylation sites (tertiary alicyclic amines) is 1. The van der Waals surface area contributed by atoms with Gasteiger partial charge in [0.15, 0.2) is 9.84 Å².